The van der Waals surface area contributed by atoms with E-state index in [0.29, 0.717) is 10.7 Å². The highest BCUT2D eigenvalue weighted by Gasteiger charge is 2.33. The smallest absolute Gasteiger partial charge is 0.335 e. The van der Waals surface area contributed by atoms with Gasteiger partial charge in [-0.1, -0.05) is 0 Å². The van der Waals surface area contributed by atoms with Crippen molar-refractivity contribution in [2.75, 3.05) is 32.7 Å². The zero-order chi connectivity index (χ0) is 14.8. The van der Waals surface area contributed by atoms with E-state index in [2.05, 4.69) is 4.98 Å². The molecule has 5 nitrogen and oxygen atoms in total. The van der Waals surface area contributed by atoms with Crippen LogP contribution in [0.15, 0.2) is 5.38 Å². The third-order valence-electron chi connectivity index (χ3n) is 3.01. The molecule has 0 bridgehead atoms. The Bertz CT molecular complexity index is 468. The van der Waals surface area contributed by atoms with Crippen molar-refractivity contribution >= 4 is 17.2 Å². The first-order valence-electron chi connectivity index (χ1n) is 6.12. The van der Waals surface area contributed by atoms with E-state index in [4.69, 9.17) is 5.73 Å². The fourth-order valence-corrected chi connectivity index (χ4v) is 2.68. The zero-order valence-corrected chi connectivity index (χ0v) is 11.5. The van der Waals surface area contributed by atoms with Gasteiger partial charge in [-0.15, -0.1) is 11.3 Å². The second-order valence-electron chi connectivity index (χ2n) is 4.51. The van der Waals surface area contributed by atoms with Crippen molar-refractivity contribution in [2.24, 2.45) is 5.73 Å². The minimum atomic E-state index is -4.20. The summed E-state index contributed by atoms with van der Waals surface area (Å²) in [7, 11) is 0. The van der Waals surface area contributed by atoms with Gasteiger partial charge in [0.05, 0.1) is 6.54 Å². The van der Waals surface area contributed by atoms with Gasteiger partial charge in [-0.05, 0) is 0 Å². The molecule has 1 aliphatic heterocycles. The predicted molar refractivity (Wildman–Crippen MR) is 68.4 cm³/mol. The Morgan fingerprint density at radius 2 is 2.00 bits per heavy atom. The summed E-state index contributed by atoms with van der Waals surface area (Å²) in [5.41, 5.74) is 5.75. The molecular formula is C11H15F3N4OS. The highest BCUT2D eigenvalue weighted by molar-refractivity contribution is 7.09. The van der Waals surface area contributed by atoms with Gasteiger partial charge in [0.1, 0.15) is 10.7 Å². The second kappa shape index (κ2) is 6.06. The van der Waals surface area contributed by atoms with E-state index in [-0.39, 0.29) is 38.6 Å². The summed E-state index contributed by atoms with van der Waals surface area (Å²) < 4.78 is 36.8. The Hall–Kier alpha value is -1.19. The maximum absolute atomic E-state index is 12.3. The molecule has 1 aromatic rings. The summed E-state index contributed by atoms with van der Waals surface area (Å²) in [6.45, 7) is 0.355. The molecule has 2 heterocycles. The minimum absolute atomic E-state index is 0.221. The number of nitrogens with two attached hydrogens (primary N) is 1. The molecular weight excluding hydrogens is 293 g/mol. The topological polar surface area (TPSA) is 62.5 Å². The molecule has 1 aromatic heterocycles. The number of thiazole rings is 1. The van der Waals surface area contributed by atoms with Gasteiger partial charge in [-0.25, -0.2) is 4.98 Å². The molecule has 0 spiro atoms. The molecule has 112 valence electrons. The molecule has 1 aliphatic rings. The molecule has 1 saturated heterocycles. The lowest BCUT2D eigenvalue weighted by molar-refractivity contribution is -0.148. The number of hydrogen-bond donors (Lipinski definition) is 1. The van der Waals surface area contributed by atoms with Crippen LogP contribution in [0.4, 0.5) is 13.2 Å². The van der Waals surface area contributed by atoms with Crippen LogP contribution in [0.25, 0.3) is 0 Å². The van der Waals surface area contributed by atoms with E-state index in [1.807, 2.05) is 0 Å². The van der Waals surface area contributed by atoms with Crippen LogP contribution in [0.5, 0.6) is 0 Å². The minimum Gasteiger partial charge on any atom is -0.335 e. The highest BCUT2D eigenvalue weighted by Crippen LogP contribution is 2.18. The van der Waals surface area contributed by atoms with Gasteiger partial charge >= 0.3 is 6.18 Å². The quantitative estimate of drug-likeness (QED) is 0.902. The van der Waals surface area contributed by atoms with Gasteiger partial charge in [0.15, 0.2) is 0 Å². The molecule has 0 atom stereocenters. The van der Waals surface area contributed by atoms with E-state index in [0.717, 1.165) is 0 Å². The maximum atomic E-state index is 12.3. The first kappa shape index (κ1) is 15.2. The predicted octanol–water partition coefficient (Wildman–Crippen LogP) is 0.922. The normalized spacial score (nSPS) is 17.5. The van der Waals surface area contributed by atoms with Crippen LogP contribution in [0.3, 0.4) is 0 Å². The largest absolute Gasteiger partial charge is 0.401 e. The number of carbonyl (C=O) groups excluding carboxylic acids is 1. The fourth-order valence-electron chi connectivity index (χ4n) is 2.03. The Labute approximate surface area is 118 Å². The maximum Gasteiger partial charge on any atom is 0.401 e. The lowest BCUT2D eigenvalue weighted by atomic mass is 10.3. The van der Waals surface area contributed by atoms with E-state index in [9.17, 15) is 18.0 Å². The standard InChI is InChI=1S/C11H15F3N4OS/c12-11(13,14)7-17-1-3-18(4-2-17)10(19)8-6-20-9(5-15)16-8/h6H,1-5,7,15H2. The average molecular weight is 308 g/mol. The second-order valence-corrected chi connectivity index (χ2v) is 5.46. The summed E-state index contributed by atoms with van der Waals surface area (Å²) in [6.07, 6.45) is -4.20. The van der Waals surface area contributed by atoms with E-state index >= 15 is 0 Å². The van der Waals surface area contributed by atoms with Crippen molar-refractivity contribution in [3.05, 3.63) is 16.1 Å². The Balaban J connectivity index is 1.88. The molecule has 0 aromatic carbocycles. The Kier molecular flexibility index (Phi) is 4.61. The molecule has 0 unspecified atom stereocenters. The first-order valence-corrected chi connectivity index (χ1v) is 7.00. The average Bonchev–Trinajstić information content (AvgIpc) is 2.85. The van der Waals surface area contributed by atoms with Crippen LogP contribution in [0.2, 0.25) is 0 Å². The number of halogens is 3. The third kappa shape index (κ3) is 3.90. The number of amides is 1. The number of aromatic nitrogens is 1. The SMILES string of the molecule is NCc1nc(C(=O)N2CCN(CC(F)(F)F)CC2)cs1. The van der Waals surface area contributed by atoms with Gasteiger partial charge in [0.25, 0.3) is 5.91 Å². The molecule has 20 heavy (non-hydrogen) atoms. The molecule has 0 aliphatic carbocycles. The van der Waals surface area contributed by atoms with Crippen LogP contribution >= 0.6 is 11.3 Å². The van der Waals surface area contributed by atoms with Gasteiger partial charge in [-0.3, -0.25) is 9.69 Å². The summed E-state index contributed by atoms with van der Waals surface area (Å²) in [5.74, 6) is -0.243. The molecule has 1 amide bonds. The number of piperazine rings is 1. The van der Waals surface area contributed by atoms with Crippen LogP contribution in [-0.4, -0.2) is 59.6 Å². The summed E-state index contributed by atoms with van der Waals surface area (Å²) in [5, 5.41) is 2.30. The summed E-state index contributed by atoms with van der Waals surface area (Å²) in [6, 6.07) is 0. The molecule has 2 rings (SSSR count). The van der Waals surface area contributed by atoms with Gasteiger partial charge in [0.2, 0.25) is 0 Å². The lowest BCUT2D eigenvalue weighted by Gasteiger charge is -2.34. The van der Waals surface area contributed by atoms with Crippen molar-refractivity contribution in [3.63, 3.8) is 0 Å². The van der Waals surface area contributed by atoms with Crippen molar-refractivity contribution in [3.8, 4) is 0 Å². The van der Waals surface area contributed by atoms with Gasteiger partial charge in [0, 0.05) is 38.1 Å². The van der Waals surface area contributed by atoms with Crippen LogP contribution in [0, 0.1) is 0 Å². The Morgan fingerprint density at radius 1 is 1.35 bits per heavy atom. The lowest BCUT2D eigenvalue weighted by Crippen LogP contribution is -2.51. The number of nitrogens with zero attached hydrogens (tertiary/aromatic N) is 3. The van der Waals surface area contributed by atoms with Crippen LogP contribution < -0.4 is 5.73 Å². The van der Waals surface area contributed by atoms with E-state index in [1.54, 1.807) is 5.38 Å². The highest BCUT2D eigenvalue weighted by atomic mass is 32.1. The fraction of sp³-hybridized carbons (Fsp3) is 0.636. The molecule has 2 N–H and O–H groups in total. The van der Waals surface area contributed by atoms with Crippen molar-refractivity contribution in [1.29, 1.82) is 0 Å². The van der Waals surface area contributed by atoms with Gasteiger partial charge in [-0.2, -0.15) is 13.2 Å². The zero-order valence-electron chi connectivity index (χ0n) is 10.7. The number of hydrogen-bond acceptors (Lipinski definition) is 5. The molecule has 9 heteroatoms. The van der Waals surface area contributed by atoms with Gasteiger partial charge < -0.3 is 10.6 Å². The van der Waals surface area contributed by atoms with E-state index in [1.165, 1.54) is 21.1 Å². The van der Waals surface area contributed by atoms with Crippen molar-refractivity contribution in [1.82, 2.24) is 14.8 Å². The number of carbonyl (C=O) groups is 1. The molecule has 0 radical (unpaired) electrons. The summed E-state index contributed by atoms with van der Waals surface area (Å²) >= 11 is 1.31. The number of alkyl halides is 3. The van der Waals surface area contributed by atoms with Crippen LogP contribution in [0.1, 0.15) is 15.5 Å². The third-order valence-corrected chi connectivity index (χ3v) is 3.88. The van der Waals surface area contributed by atoms with E-state index < -0.39 is 12.7 Å². The number of rotatable bonds is 3. The monoisotopic (exact) mass is 308 g/mol. The Morgan fingerprint density at radius 3 is 2.50 bits per heavy atom. The van der Waals surface area contributed by atoms with Crippen molar-refractivity contribution < 1.29 is 18.0 Å². The molecule has 1 fully saturated rings. The first-order chi connectivity index (χ1) is 9.39. The molecule has 0 saturated carbocycles. The van der Waals surface area contributed by atoms with Crippen LogP contribution in [-0.2, 0) is 6.54 Å². The summed E-state index contributed by atoms with van der Waals surface area (Å²) in [4.78, 5) is 19.0. The van der Waals surface area contributed by atoms with Crippen molar-refractivity contribution in [2.45, 2.75) is 12.7 Å².